The van der Waals surface area contributed by atoms with Gasteiger partial charge >= 0.3 is 0 Å². The highest BCUT2D eigenvalue weighted by Crippen LogP contribution is 2.35. The fourth-order valence-corrected chi connectivity index (χ4v) is 2.24. The number of hydrogen-bond donors (Lipinski definition) is 1. The molecular formula is C13H23NO. The van der Waals surface area contributed by atoms with Crippen molar-refractivity contribution in [1.29, 1.82) is 0 Å². The van der Waals surface area contributed by atoms with E-state index in [1.807, 2.05) is 13.8 Å². The highest BCUT2D eigenvalue weighted by Gasteiger charge is 2.32. The summed E-state index contributed by atoms with van der Waals surface area (Å²) in [7, 11) is 0. The molecule has 1 aliphatic rings. The van der Waals surface area contributed by atoms with Gasteiger partial charge in [-0.1, -0.05) is 32.3 Å². The fraction of sp³-hybridized carbons (Fsp3) is 0.769. The molecule has 1 atom stereocenters. The molecule has 0 aromatic heterocycles. The van der Waals surface area contributed by atoms with Crippen LogP contribution in [0.3, 0.4) is 0 Å². The number of hydrogen-bond acceptors (Lipinski definition) is 1. The summed E-state index contributed by atoms with van der Waals surface area (Å²) in [5.74, 6) is 0.0648. The van der Waals surface area contributed by atoms with Crippen molar-refractivity contribution in [2.45, 2.75) is 59.4 Å². The molecule has 0 aromatic carbocycles. The standard InChI is InChI=1S/C13H23NO/c1-10(2)9-12(15)14-11-7-5-6-8-13(11,3)4/h9,11H,5-8H2,1-4H3,(H,14,15). The number of allylic oxidation sites excluding steroid dienone is 1. The number of amides is 1. The predicted octanol–water partition coefficient (Wildman–Crippen LogP) is 3.04. The van der Waals surface area contributed by atoms with Gasteiger partial charge in [0.05, 0.1) is 0 Å². The lowest BCUT2D eigenvalue weighted by atomic mass is 9.73. The molecule has 0 heterocycles. The lowest BCUT2D eigenvalue weighted by molar-refractivity contribution is -0.118. The molecule has 1 amide bonds. The average molecular weight is 209 g/mol. The zero-order valence-corrected chi connectivity index (χ0v) is 10.4. The summed E-state index contributed by atoms with van der Waals surface area (Å²) in [6.07, 6.45) is 6.55. The average Bonchev–Trinajstić information content (AvgIpc) is 2.07. The number of rotatable bonds is 2. The first-order chi connectivity index (χ1) is 6.92. The summed E-state index contributed by atoms with van der Waals surface area (Å²) in [6, 6.07) is 0.342. The highest BCUT2D eigenvalue weighted by atomic mass is 16.1. The van der Waals surface area contributed by atoms with Gasteiger partial charge in [0.1, 0.15) is 0 Å². The molecular weight excluding hydrogens is 186 g/mol. The molecule has 1 saturated carbocycles. The number of nitrogens with one attached hydrogen (secondary N) is 1. The third kappa shape index (κ3) is 3.69. The first-order valence-corrected chi connectivity index (χ1v) is 5.87. The number of carbonyl (C=O) groups is 1. The summed E-state index contributed by atoms with van der Waals surface area (Å²) in [4.78, 5) is 11.6. The van der Waals surface area contributed by atoms with E-state index in [4.69, 9.17) is 0 Å². The highest BCUT2D eigenvalue weighted by molar-refractivity contribution is 5.88. The van der Waals surface area contributed by atoms with Gasteiger partial charge in [-0.3, -0.25) is 4.79 Å². The molecule has 0 aromatic rings. The van der Waals surface area contributed by atoms with E-state index in [0.29, 0.717) is 6.04 Å². The van der Waals surface area contributed by atoms with E-state index in [1.54, 1.807) is 6.08 Å². The largest absolute Gasteiger partial charge is 0.349 e. The predicted molar refractivity (Wildman–Crippen MR) is 63.6 cm³/mol. The van der Waals surface area contributed by atoms with Gasteiger partial charge in [-0.25, -0.2) is 0 Å². The van der Waals surface area contributed by atoms with Gasteiger partial charge in [0.15, 0.2) is 0 Å². The van der Waals surface area contributed by atoms with Crippen LogP contribution in [0.1, 0.15) is 53.4 Å². The number of carbonyl (C=O) groups excluding carboxylic acids is 1. The molecule has 2 nitrogen and oxygen atoms in total. The molecule has 1 unspecified atom stereocenters. The van der Waals surface area contributed by atoms with E-state index in [9.17, 15) is 4.79 Å². The van der Waals surface area contributed by atoms with Gasteiger partial charge in [-0.2, -0.15) is 0 Å². The van der Waals surface area contributed by atoms with E-state index in [2.05, 4.69) is 19.2 Å². The molecule has 86 valence electrons. The first-order valence-electron chi connectivity index (χ1n) is 5.87. The second-order valence-electron chi connectivity index (χ2n) is 5.52. The molecule has 0 spiro atoms. The lowest BCUT2D eigenvalue weighted by Crippen LogP contribution is -2.46. The van der Waals surface area contributed by atoms with Gasteiger partial charge in [0.2, 0.25) is 5.91 Å². The fourth-order valence-electron chi connectivity index (χ4n) is 2.24. The SMILES string of the molecule is CC(C)=CC(=O)NC1CCCCC1(C)C. The van der Waals surface area contributed by atoms with Gasteiger partial charge in [0.25, 0.3) is 0 Å². The van der Waals surface area contributed by atoms with Crippen LogP contribution in [0.4, 0.5) is 0 Å². The van der Waals surface area contributed by atoms with E-state index in [1.165, 1.54) is 19.3 Å². The molecule has 1 N–H and O–H groups in total. The summed E-state index contributed by atoms with van der Waals surface area (Å²) in [5, 5.41) is 3.13. The minimum atomic E-state index is 0.0648. The zero-order chi connectivity index (χ0) is 11.5. The van der Waals surface area contributed by atoms with E-state index >= 15 is 0 Å². The van der Waals surface area contributed by atoms with Crippen molar-refractivity contribution in [1.82, 2.24) is 5.32 Å². The van der Waals surface area contributed by atoms with Gasteiger partial charge in [-0.05, 0) is 32.1 Å². The van der Waals surface area contributed by atoms with Crippen LogP contribution in [0.2, 0.25) is 0 Å². The maximum atomic E-state index is 11.6. The molecule has 0 aliphatic heterocycles. The van der Waals surface area contributed by atoms with Crippen molar-refractivity contribution in [2.75, 3.05) is 0 Å². The lowest BCUT2D eigenvalue weighted by Gasteiger charge is -2.38. The molecule has 0 radical (unpaired) electrons. The van der Waals surface area contributed by atoms with Gasteiger partial charge < -0.3 is 5.32 Å². The molecule has 0 saturated heterocycles. The third-order valence-electron chi connectivity index (χ3n) is 3.24. The second kappa shape index (κ2) is 4.82. The summed E-state index contributed by atoms with van der Waals surface area (Å²) >= 11 is 0. The topological polar surface area (TPSA) is 29.1 Å². The van der Waals surface area contributed by atoms with Crippen LogP contribution in [0.5, 0.6) is 0 Å². The van der Waals surface area contributed by atoms with Crippen molar-refractivity contribution >= 4 is 5.91 Å². The Morgan fingerprint density at radius 2 is 2.00 bits per heavy atom. The van der Waals surface area contributed by atoms with Crippen molar-refractivity contribution in [3.63, 3.8) is 0 Å². The first kappa shape index (κ1) is 12.3. The third-order valence-corrected chi connectivity index (χ3v) is 3.24. The van der Waals surface area contributed by atoms with Crippen LogP contribution in [0.25, 0.3) is 0 Å². The van der Waals surface area contributed by atoms with Crippen LogP contribution in [0.15, 0.2) is 11.6 Å². The minimum absolute atomic E-state index is 0.0648. The van der Waals surface area contributed by atoms with Crippen LogP contribution in [-0.2, 0) is 4.79 Å². The van der Waals surface area contributed by atoms with E-state index in [-0.39, 0.29) is 11.3 Å². The molecule has 0 bridgehead atoms. The smallest absolute Gasteiger partial charge is 0.244 e. The van der Waals surface area contributed by atoms with E-state index in [0.717, 1.165) is 12.0 Å². The molecule has 1 rings (SSSR count). The zero-order valence-electron chi connectivity index (χ0n) is 10.4. The Hall–Kier alpha value is -0.790. The summed E-state index contributed by atoms with van der Waals surface area (Å²) in [6.45, 7) is 8.40. The summed E-state index contributed by atoms with van der Waals surface area (Å²) < 4.78 is 0. The van der Waals surface area contributed by atoms with Crippen LogP contribution >= 0.6 is 0 Å². The molecule has 1 fully saturated rings. The Morgan fingerprint density at radius 1 is 1.33 bits per heavy atom. The Labute approximate surface area is 93.1 Å². The van der Waals surface area contributed by atoms with Crippen molar-refractivity contribution < 1.29 is 4.79 Å². The van der Waals surface area contributed by atoms with E-state index < -0.39 is 0 Å². The monoisotopic (exact) mass is 209 g/mol. The van der Waals surface area contributed by atoms with Gasteiger partial charge in [0, 0.05) is 12.1 Å². The van der Waals surface area contributed by atoms with Crippen LogP contribution in [0, 0.1) is 5.41 Å². The summed E-state index contributed by atoms with van der Waals surface area (Å²) in [5.41, 5.74) is 1.31. The Kier molecular flexibility index (Phi) is 3.95. The minimum Gasteiger partial charge on any atom is -0.349 e. The Bertz CT molecular complexity index is 262. The molecule has 2 heteroatoms. The maximum Gasteiger partial charge on any atom is 0.244 e. The van der Waals surface area contributed by atoms with Crippen molar-refractivity contribution in [3.05, 3.63) is 11.6 Å². The Balaban J connectivity index is 2.56. The van der Waals surface area contributed by atoms with Crippen LogP contribution < -0.4 is 5.32 Å². The van der Waals surface area contributed by atoms with Crippen molar-refractivity contribution in [2.24, 2.45) is 5.41 Å². The van der Waals surface area contributed by atoms with Gasteiger partial charge in [-0.15, -0.1) is 0 Å². The molecule has 15 heavy (non-hydrogen) atoms. The van der Waals surface area contributed by atoms with Crippen molar-refractivity contribution in [3.8, 4) is 0 Å². The second-order valence-corrected chi connectivity index (χ2v) is 5.52. The van der Waals surface area contributed by atoms with Crippen LogP contribution in [-0.4, -0.2) is 11.9 Å². The molecule has 1 aliphatic carbocycles. The quantitative estimate of drug-likeness (QED) is 0.696. The normalized spacial score (nSPS) is 24.4. The Morgan fingerprint density at radius 3 is 2.53 bits per heavy atom. The maximum absolute atomic E-state index is 11.6.